The summed E-state index contributed by atoms with van der Waals surface area (Å²) in [6, 6.07) is 4.47. The van der Waals surface area contributed by atoms with Crippen molar-refractivity contribution in [3.63, 3.8) is 0 Å². The van der Waals surface area contributed by atoms with E-state index in [0.717, 1.165) is 19.4 Å². The normalized spacial score (nSPS) is 17.5. The maximum atomic E-state index is 11.9. The zero-order valence-electron chi connectivity index (χ0n) is 11.9. The number of carboxylic acids is 1. The molecule has 1 aliphatic rings. The summed E-state index contributed by atoms with van der Waals surface area (Å²) in [5.74, 6) is -0.817. The third-order valence-corrected chi connectivity index (χ3v) is 3.45. The molecule has 6 heteroatoms. The van der Waals surface area contributed by atoms with Gasteiger partial charge in [0, 0.05) is 19.1 Å². The van der Waals surface area contributed by atoms with Gasteiger partial charge in [-0.3, -0.25) is 4.79 Å². The summed E-state index contributed by atoms with van der Waals surface area (Å²) in [5, 5.41) is 11.8. The van der Waals surface area contributed by atoms with E-state index in [9.17, 15) is 9.59 Å². The number of carbonyl (C=O) groups is 2. The summed E-state index contributed by atoms with van der Waals surface area (Å²) in [6.45, 7) is 0.755. The molecule has 1 unspecified atom stereocenters. The van der Waals surface area contributed by atoms with Gasteiger partial charge >= 0.3 is 5.97 Å². The highest BCUT2D eigenvalue weighted by molar-refractivity contribution is 6.00. The van der Waals surface area contributed by atoms with Crippen molar-refractivity contribution >= 4 is 17.6 Å². The van der Waals surface area contributed by atoms with Gasteiger partial charge in [-0.15, -0.1) is 0 Å². The van der Waals surface area contributed by atoms with Crippen molar-refractivity contribution in [1.82, 2.24) is 0 Å². The van der Waals surface area contributed by atoms with Crippen LogP contribution < -0.4 is 10.1 Å². The molecule has 2 rings (SSSR count). The van der Waals surface area contributed by atoms with Crippen LogP contribution in [-0.4, -0.2) is 36.8 Å². The van der Waals surface area contributed by atoms with E-state index in [1.165, 1.54) is 19.2 Å². The number of amides is 1. The fourth-order valence-corrected chi connectivity index (χ4v) is 2.32. The zero-order chi connectivity index (χ0) is 15.2. The molecule has 0 aromatic heterocycles. The summed E-state index contributed by atoms with van der Waals surface area (Å²) >= 11 is 0. The highest BCUT2D eigenvalue weighted by Gasteiger charge is 2.18. The third-order valence-electron chi connectivity index (χ3n) is 3.45. The smallest absolute Gasteiger partial charge is 0.337 e. The van der Waals surface area contributed by atoms with Gasteiger partial charge in [0.15, 0.2) is 0 Å². The Labute approximate surface area is 123 Å². The van der Waals surface area contributed by atoms with E-state index in [1.807, 2.05) is 0 Å². The van der Waals surface area contributed by atoms with Crippen LogP contribution in [-0.2, 0) is 9.53 Å². The quantitative estimate of drug-likeness (QED) is 0.840. The number of hydrogen-bond acceptors (Lipinski definition) is 4. The Morgan fingerprint density at radius 3 is 2.90 bits per heavy atom. The van der Waals surface area contributed by atoms with Crippen molar-refractivity contribution in [2.24, 2.45) is 0 Å². The van der Waals surface area contributed by atoms with Gasteiger partial charge in [-0.2, -0.15) is 0 Å². The van der Waals surface area contributed by atoms with Crippen LogP contribution in [0.5, 0.6) is 5.75 Å². The molecule has 0 bridgehead atoms. The Morgan fingerprint density at radius 2 is 2.29 bits per heavy atom. The van der Waals surface area contributed by atoms with Crippen LogP contribution in [0.4, 0.5) is 5.69 Å². The summed E-state index contributed by atoms with van der Waals surface area (Å²) < 4.78 is 10.5. The first kappa shape index (κ1) is 15.3. The second-order valence-corrected chi connectivity index (χ2v) is 4.94. The van der Waals surface area contributed by atoms with Gasteiger partial charge in [0.1, 0.15) is 5.75 Å². The van der Waals surface area contributed by atoms with Crippen LogP contribution in [0.15, 0.2) is 18.2 Å². The second-order valence-electron chi connectivity index (χ2n) is 4.94. The monoisotopic (exact) mass is 293 g/mol. The van der Waals surface area contributed by atoms with Gasteiger partial charge in [-0.25, -0.2) is 4.79 Å². The molecule has 1 aliphatic heterocycles. The summed E-state index contributed by atoms with van der Waals surface area (Å²) in [5.41, 5.74) is 0.292. The summed E-state index contributed by atoms with van der Waals surface area (Å²) in [7, 11) is 1.48. The largest absolute Gasteiger partial charge is 0.497 e. The van der Waals surface area contributed by atoms with Gasteiger partial charge in [0.25, 0.3) is 0 Å². The van der Waals surface area contributed by atoms with E-state index in [0.29, 0.717) is 18.6 Å². The lowest BCUT2D eigenvalue weighted by atomic mass is 10.1. The molecule has 1 aromatic rings. The highest BCUT2D eigenvalue weighted by Crippen LogP contribution is 2.23. The highest BCUT2D eigenvalue weighted by atomic mass is 16.5. The van der Waals surface area contributed by atoms with Crippen LogP contribution >= 0.6 is 0 Å². The molecule has 0 radical (unpaired) electrons. The molecule has 0 spiro atoms. The van der Waals surface area contributed by atoms with Crippen LogP contribution in [0, 0.1) is 0 Å². The number of hydrogen-bond donors (Lipinski definition) is 2. The van der Waals surface area contributed by atoms with Crippen molar-refractivity contribution in [1.29, 1.82) is 0 Å². The number of carbonyl (C=O) groups excluding carboxylic acids is 1. The van der Waals surface area contributed by atoms with E-state index in [4.69, 9.17) is 14.6 Å². The first-order valence-corrected chi connectivity index (χ1v) is 6.93. The molecule has 114 valence electrons. The first-order chi connectivity index (χ1) is 10.1. The zero-order valence-corrected chi connectivity index (χ0v) is 11.9. The molecule has 2 N–H and O–H groups in total. The molecule has 1 atom stereocenters. The fourth-order valence-electron chi connectivity index (χ4n) is 2.32. The minimum atomic E-state index is -1.09. The van der Waals surface area contributed by atoms with Crippen molar-refractivity contribution in [2.45, 2.75) is 31.8 Å². The number of anilines is 1. The van der Waals surface area contributed by atoms with Crippen LogP contribution in [0.25, 0.3) is 0 Å². The van der Waals surface area contributed by atoms with Gasteiger partial charge in [-0.1, -0.05) is 0 Å². The van der Waals surface area contributed by atoms with E-state index < -0.39 is 5.97 Å². The van der Waals surface area contributed by atoms with Crippen molar-refractivity contribution in [2.75, 3.05) is 19.0 Å². The Kier molecular flexibility index (Phi) is 5.16. The number of ether oxygens (including phenoxy) is 2. The van der Waals surface area contributed by atoms with Crippen molar-refractivity contribution < 1.29 is 24.2 Å². The maximum Gasteiger partial charge on any atom is 0.337 e. The standard InChI is InChI=1S/C15H19NO5/c1-20-11-4-6-12(15(18)19)13(9-11)16-14(17)7-5-10-3-2-8-21-10/h4,6,9-10H,2-3,5,7-8H2,1H3,(H,16,17)(H,18,19). The van der Waals surface area contributed by atoms with E-state index in [1.54, 1.807) is 6.07 Å². The average Bonchev–Trinajstić information content (AvgIpc) is 2.98. The lowest BCUT2D eigenvalue weighted by molar-refractivity contribution is -0.116. The predicted octanol–water partition coefficient (Wildman–Crippen LogP) is 2.29. The van der Waals surface area contributed by atoms with Gasteiger partial charge in [0.05, 0.1) is 24.5 Å². The van der Waals surface area contributed by atoms with Gasteiger partial charge in [-0.05, 0) is 31.4 Å². The third kappa shape index (κ3) is 4.19. The van der Waals surface area contributed by atoms with E-state index in [-0.39, 0.29) is 23.3 Å². The number of benzene rings is 1. The molecule has 1 fully saturated rings. The molecule has 1 heterocycles. The van der Waals surface area contributed by atoms with Gasteiger partial charge < -0.3 is 19.9 Å². The number of nitrogens with one attached hydrogen (secondary N) is 1. The Bertz CT molecular complexity index is 523. The first-order valence-electron chi connectivity index (χ1n) is 6.93. The van der Waals surface area contributed by atoms with Crippen molar-refractivity contribution in [3.05, 3.63) is 23.8 Å². The Balaban J connectivity index is 1.99. The van der Waals surface area contributed by atoms with Crippen LogP contribution in [0.3, 0.4) is 0 Å². The number of carboxylic acid groups (broad SMARTS) is 1. The second kappa shape index (κ2) is 7.08. The molecule has 0 aliphatic carbocycles. The number of rotatable bonds is 6. The topological polar surface area (TPSA) is 84.9 Å². The maximum absolute atomic E-state index is 11.9. The average molecular weight is 293 g/mol. The number of methoxy groups -OCH3 is 1. The molecular formula is C15H19NO5. The predicted molar refractivity (Wildman–Crippen MR) is 76.8 cm³/mol. The van der Waals surface area contributed by atoms with E-state index in [2.05, 4.69) is 5.32 Å². The summed E-state index contributed by atoms with van der Waals surface area (Å²) in [6.07, 6.45) is 3.11. The summed E-state index contributed by atoms with van der Waals surface area (Å²) in [4.78, 5) is 23.1. The molecule has 1 amide bonds. The SMILES string of the molecule is COc1ccc(C(=O)O)c(NC(=O)CCC2CCCO2)c1. The number of aromatic carboxylic acids is 1. The molecule has 21 heavy (non-hydrogen) atoms. The molecular weight excluding hydrogens is 274 g/mol. The van der Waals surface area contributed by atoms with E-state index >= 15 is 0 Å². The molecule has 1 saturated heterocycles. The Morgan fingerprint density at radius 1 is 1.48 bits per heavy atom. The van der Waals surface area contributed by atoms with Crippen molar-refractivity contribution in [3.8, 4) is 5.75 Å². The fraction of sp³-hybridized carbons (Fsp3) is 0.467. The van der Waals surface area contributed by atoms with Gasteiger partial charge in [0.2, 0.25) is 5.91 Å². The molecule has 6 nitrogen and oxygen atoms in total. The van der Waals surface area contributed by atoms with Crippen LogP contribution in [0.1, 0.15) is 36.0 Å². The molecule has 0 saturated carbocycles. The lowest BCUT2D eigenvalue weighted by Gasteiger charge is -2.12. The Hall–Kier alpha value is -2.08. The minimum absolute atomic E-state index is 0.0428. The minimum Gasteiger partial charge on any atom is -0.497 e. The molecule has 1 aromatic carbocycles. The van der Waals surface area contributed by atoms with Crippen LogP contribution in [0.2, 0.25) is 0 Å². The lowest BCUT2D eigenvalue weighted by Crippen LogP contribution is -2.17.